The van der Waals surface area contributed by atoms with Gasteiger partial charge in [0.1, 0.15) is 5.75 Å². The fourth-order valence-corrected chi connectivity index (χ4v) is 6.07. The summed E-state index contributed by atoms with van der Waals surface area (Å²) >= 11 is 0. The van der Waals surface area contributed by atoms with E-state index >= 15 is 0 Å². The molecule has 178 valence electrons. The first-order valence-electron chi connectivity index (χ1n) is 12.2. The molecule has 2 aromatic carbocycles. The van der Waals surface area contributed by atoms with Crippen LogP contribution in [0.4, 0.5) is 0 Å². The van der Waals surface area contributed by atoms with Gasteiger partial charge in [0.25, 0.3) is 5.91 Å². The third-order valence-corrected chi connectivity index (χ3v) is 7.72. The minimum Gasteiger partial charge on any atom is -0.497 e. The highest BCUT2D eigenvalue weighted by molar-refractivity contribution is 5.94. The molecule has 2 aliphatic rings. The second kappa shape index (κ2) is 9.47. The predicted molar refractivity (Wildman–Crippen MR) is 132 cm³/mol. The Morgan fingerprint density at radius 2 is 1.94 bits per heavy atom. The summed E-state index contributed by atoms with van der Waals surface area (Å²) < 4.78 is 5.54. The summed E-state index contributed by atoms with van der Waals surface area (Å²) in [4.78, 5) is 18.0. The van der Waals surface area contributed by atoms with Crippen LogP contribution in [0.1, 0.15) is 55.5 Å². The minimum atomic E-state index is -0.831. The molecule has 0 aromatic heterocycles. The van der Waals surface area contributed by atoms with E-state index < -0.39 is 11.0 Å². The van der Waals surface area contributed by atoms with Crippen LogP contribution in [0.2, 0.25) is 0 Å². The number of hydrogen-bond acceptors (Lipinski definition) is 4. The third-order valence-electron chi connectivity index (χ3n) is 7.72. The van der Waals surface area contributed by atoms with Crippen molar-refractivity contribution in [2.45, 2.75) is 56.6 Å². The average molecular weight is 451 g/mol. The lowest BCUT2D eigenvalue weighted by Crippen LogP contribution is -2.67. The van der Waals surface area contributed by atoms with Crippen LogP contribution in [0.25, 0.3) is 0 Å². The second-order valence-corrected chi connectivity index (χ2v) is 10.4. The van der Waals surface area contributed by atoms with Crippen molar-refractivity contribution in [3.8, 4) is 5.75 Å². The van der Waals surface area contributed by atoms with Crippen molar-refractivity contribution in [1.29, 1.82) is 0 Å². The maximum atomic E-state index is 13.6. The van der Waals surface area contributed by atoms with E-state index in [1.54, 1.807) is 7.11 Å². The van der Waals surface area contributed by atoms with Crippen molar-refractivity contribution >= 4 is 5.91 Å². The monoisotopic (exact) mass is 450 g/mol. The minimum absolute atomic E-state index is 0.0787. The van der Waals surface area contributed by atoms with Gasteiger partial charge in [-0.05, 0) is 75.0 Å². The van der Waals surface area contributed by atoms with Gasteiger partial charge in [0.15, 0.2) is 0 Å². The van der Waals surface area contributed by atoms with Gasteiger partial charge in [-0.2, -0.15) is 0 Å². The number of aliphatic hydroxyl groups is 1. The quantitative estimate of drug-likeness (QED) is 0.711. The van der Waals surface area contributed by atoms with E-state index in [1.807, 2.05) is 42.5 Å². The van der Waals surface area contributed by atoms with Gasteiger partial charge in [-0.25, -0.2) is 0 Å². The van der Waals surface area contributed by atoms with Crippen molar-refractivity contribution in [3.63, 3.8) is 0 Å². The van der Waals surface area contributed by atoms with Crippen LogP contribution >= 0.6 is 0 Å². The number of nitrogens with zero attached hydrogens (tertiary/aromatic N) is 2. The molecule has 1 N–H and O–H groups in total. The molecule has 2 aromatic rings. The lowest BCUT2D eigenvalue weighted by Gasteiger charge is -2.59. The Kier molecular flexibility index (Phi) is 6.83. The molecule has 0 radical (unpaired) electrons. The lowest BCUT2D eigenvalue weighted by molar-refractivity contribution is -0.129. The fraction of sp³-hybridized carbons (Fsp3) is 0.536. The van der Waals surface area contributed by atoms with Gasteiger partial charge in [-0.1, -0.05) is 44.2 Å². The molecule has 2 fully saturated rings. The van der Waals surface area contributed by atoms with E-state index in [1.165, 1.54) is 0 Å². The summed E-state index contributed by atoms with van der Waals surface area (Å²) in [5, 5.41) is 12.1. The topological polar surface area (TPSA) is 53.0 Å². The maximum Gasteiger partial charge on any atom is 0.254 e. The second-order valence-electron chi connectivity index (χ2n) is 10.4. The summed E-state index contributed by atoms with van der Waals surface area (Å²) in [5.74, 6) is 1.27. The zero-order valence-electron chi connectivity index (χ0n) is 20.5. The number of benzene rings is 2. The highest BCUT2D eigenvalue weighted by Gasteiger charge is 2.58. The first-order chi connectivity index (χ1) is 15.8. The zero-order valence-corrected chi connectivity index (χ0v) is 20.5. The molecule has 1 aliphatic carbocycles. The van der Waals surface area contributed by atoms with Gasteiger partial charge in [-0.15, -0.1) is 0 Å². The summed E-state index contributed by atoms with van der Waals surface area (Å²) in [5.41, 5.74) is 0.613. The molecule has 4 rings (SSSR count). The number of fused-ring (bicyclic) bond motifs is 1. The molecular formula is C28H38N2O3. The molecule has 33 heavy (non-hydrogen) atoms. The van der Waals surface area contributed by atoms with E-state index in [4.69, 9.17) is 4.74 Å². The predicted octanol–water partition coefficient (Wildman–Crippen LogP) is 4.35. The van der Waals surface area contributed by atoms with E-state index in [9.17, 15) is 9.90 Å². The number of hydrogen-bond donors (Lipinski definition) is 1. The number of amides is 1. The van der Waals surface area contributed by atoms with Crippen molar-refractivity contribution < 1.29 is 14.6 Å². The van der Waals surface area contributed by atoms with Gasteiger partial charge in [0, 0.05) is 30.1 Å². The van der Waals surface area contributed by atoms with Crippen LogP contribution in [0.5, 0.6) is 5.75 Å². The Balaban J connectivity index is 1.74. The van der Waals surface area contributed by atoms with Crippen LogP contribution in [0.3, 0.4) is 0 Å². The first-order valence-corrected chi connectivity index (χ1v) is 12.2. The zero-order chi connectivity index (χ0) is 23.6. The summed E-state index contributed by atoms with van der Waals surface area (Å²) in [7, 11) is 3.77. The number of methoxy groups -OCH3 is 1. The molecule has 1 amide bonds. The van der Waals surface area contributed by atoms with E-state index in [-0.39, 0.29) is 11.9 Å². The van der Waals surface area contributed by atoms with Gasteiger partial charge >= 0.3 is 0 Å². The lowest BCUT2D eigenvalue weighted by atomic mass is 9.55. The molecule has 3 atom stereocenters. The average Bonchev–Trinajstić information content (AvgIpc) is 2.82. The van der Waals surface area contributed by atoms with Crippen LogP contribution in [-0.4, -0.2) is 66.2 Å². The maximum absolute atomic E-state index is 13.6. The Labute approximate surface area is 198 Å². The van der Waals surface area contributed by atoms with Crippen LogP contribution in [0.15, 0.2) is 54.6 Å². The molecule has 1 heterocycles. The SMILES string of the molecule is COc1cccc(C23CCN(C)CC2(O)CC[C@@H](N(CC(C)C)C(=O)c2ccccc2)C3)c1. The number of piperidine rings is 1. The van der Waals surface area contributed by atoms with E-state index in [0.717, 1.165) is 42.7 Å². The smallest absolute Gasteiger partial charge is 0.254 e. The summed E-state index contributed by atoms with van der Waals surface area (Å²) in [6.07, 6.45) is 3.10. The number of likely N-dealkylation sites (N-methyl/N-ethyl adjacent to an activating group) is 1. The van der Waals surface area contributed by atoms with Crippen LogP contribution < -0.4 is 4.74 Å². The first kappa shape index (κ1) is 23.8. The summed E-state index contributed by atoms with van der Waals surface area (Å²) in [6, 6.07) is 17.9. The standard InChI is InChI=1S/C28H38N2O3/c1-21(2)19-30(26(31)22-9-6-5-7-10-22)24-13-14-28(32)20-29(3)16-15-27(28,18-24)23-11-8-12-25(17-23)33-4/h5-12,17,21,24,32H,13-16,18-20H2,1-4H3/t24-,27?,28?/m1/s1. The molecule has 0 bridgehead atoms. The Morgan fingerprint density at radius 3 is 2.64 bits per heavy atom. The highest BCUT2D eigenvalue weighted by Crippen LogP contribution is 2.53. The van der Waals surface area contributed by atoms with Crippen molar-refractivity contribution in [3.05, 3.63) is 65.7 Å². The largest absolute Gasteiger partial charge is 0.497 e. The summed E-state index contributed by atoms with van der Waals surface area (Å²) in [6.45, 7) is 6.61. The number of β-amino-alcohol motifs (C(OH)–C–C–N with tert-alkyl or cyclic N) is 1. The van der Waals surface area contributed by atoms with Crippen molar-refractivity contribution in [1.82, 2.24) is 9.80 Å². The molecular weight excluding hydrogens is 412 g/mol. The van der Waals surface area contributed by atoms with Crippen molar-refractivity contribution in [2.24, 2.45) is 5.92 Å². The molecule has 2 unspecified atom stereocenters. The fourth-order valence-electron chi connectivity index (χ4n) is 6.07. The van der Waals surface area contributed by atoms with Gasteiger partial charge in [-0.3, -0.25) is 4.79 Å². The third kappa shape index (κ3) is 4.53. The molecule has 1 saturated heterocycles. The Hall–Kier alpha value is -2.37. The molecule has 5 nitrogen and oxygen atoms in total. The number of carbonyl (C=O) groups is 1. The molecule has 1 saturated carbocycles. The normalized spacial score (nSPS) is 27.8. The number of ether oxygens (including phenoxy) is 1. The van der Waals surface area contributed by atoms with Gasteiger partial charge in [0.2, 0.25) is 0 Å². The molecule has 5 heteroatoms. The number of likely N-dealkylation sites (tertiary alicyclic amines) is 1. The van der Waals surface area contributed by atoms with Crippen LogP contribution in [-0.2, 0) is 5.41 Å². The number of rotatable bonds is 6. The Bertz CT molecular complexity index is 963. The molecule has 0 spiro atoms. The Morgan fingerprint density at radius 1 is 1.18 bits per heavy atom. The highest BCUT2D eigenvalue weighted by atomic mass is 16.5. The van der Waals surface area contributed by atoms with Crippen molar-refractivity contribution in [2.75, 3.05) is 33.8 Å². The van der Waals surface area contributed by atoms with Gasteiger partial charge in [0.05, 0.1) is 12.7 Å². The van der Waals surface area contributed by atoms with E-state index in [0.29, 0.717) is 25.4 Å². The number of carbonyl (C=O) groups excluding carboxylic acids is 1. The van der Waals surface area contributed by atoms with E-state index in [2.05, 4.69) is 42.8 Å². The van der Waals surface area contributed by atoms with Crippen LogP contribution in [0, 0.1) is 5.92 Å². The molecule has 1 aliphatic heterocycles. The van der Waals surface area contributed by atoms with Gasteiger partial charge < -0.3 is 19.6 Å².